The minimum Gasteiger partial charge on any atom is -0.356 e. The van der Waals surface area contributed by atoms with Crippen molar-refractivity contribution in [3.05, 3.63) is 47.0 Å². The van der Waals surface area contributed by atoms with E-state index in [0.717, 1.165) is 35.5 Å². The summed E-state index contributed by atoms with van der Waals surface area (Å²) in [7, 11) is 0. The quantitative estimate of drug-likeness (QED) is 0.750. The average Bonchev–Trinajstić information content (AvgIpc) is 2.80. The summed E-state index contributed by atoms with van der Waals surface area (Å²) in [6.07, 6.45) is 2.08. The normalized spacial score (nSPS) is 10.3. The third-order valence-corrected chi connectivity index (χ3v) is 3.80. The Morgan fingerprint density at radius 1 is 1.25 bits per heavy atom. The number of carbonyl (C=O) groups is 1. The van der Waals surface area contributed by atoms with E-state index in [-0.39, 0.29) is 24.1 Å². The predicted molar refractivity (Wildman–Crippen MR) is 95.2 cm³/mol. The van der Waals surface area contributed by atoms with E-state index in [1.165, 1.54) is 12.1 Å². The van der Waals surface area contributed by atoms with E-state index in [0.29, 0.717) is 19.5 Å². The van der Waals surface area contributed by atoms with Crippen LogP contribution >= 0.6 is 12.4 Å². The van der Waals surface area contributed by atoms with Gasteiger partial charge in [-0.2, -0.15) is 5.10 Å². The molecule has 1 heterocycles. The molecule has 2 aromatic rings. The molecule has 3 N–H and O–H groups in total. The summed E-state index contributed by atoms with van der Waals surface area (Å²) in [5.41, 5.74) is 8.82. The average molecular weight is 355 g/mol. The minimum atomic E-state index is -0.285. The zero-order chi connectivity index (χ0) is 16.8. The lowest BCUT2D eigenvalue weighted by atomic mass is 10.1. The van der Waals surface area contributed by atoms with Crippen LogP contribution in [0.5, 0.6) is 0 Å². The van der Waals surface area contributed by atoms with Crippen LogP contribution in [0.3, 0.4) is 0 Å². The number of benzene rings is 1. The van der Waals surface area contributed by atoms with Crippen LogP contribution in [0.2, 0.25) is 0 Å². The highest BCUT2D eigenvalue weighted by Crippen LogP contribution is 2.18. The van der Waals surface area contributed by atoms with Crippen molar-refractivity contribution in [3.63, 3.8) is 0 Å². The first-order valence-electron chi connectivity index (χ1n) is 7.80. The smallest absolute Gasteiger partial charge is 0.224 e. The maximum Gasteiger partial charge on any atom is 0.224 e. The van der Waals surface area contributed by atoms with Gasteiger partial charge in [-0.05, 0) is 57.5 Å². The van der Waals surface area contributed by atoms with Gasteiger partial charge < -0.3 is 11.1 Å². The number of amides is 1. The zero-order valence-corrected chi connectivity index (χ0v) is 14.8. The lowest BCUT2D eigenvalue weighted by molar-refractivity contribution is -0.120. The Bertz CT molecular complexity index is 670. The number of aryl methyl sites for hydroxylation is 1. The van der Waals surface area contributed by atoms with Crippen LogP contribution in [0.25, 0.3) is 5.69 Å². The van der Waals surface area contributed by atoms with E-state index in [9.17, 15) is 9.18 Å². The minimum absolute atomic E-state index is 0. The SMILES string of the molecule is Cc1nn(-c2ccc(F)cc2)c(C)c1CC(=O)NCCCCN.Cl. The van der Waals surface area contributed by atoms with Gasteiger partial charge >= 0.3 is 0 Å². The second-order valence-electron chi connectivity index (χ2n) is 5.56. The van der Waals surface area contributed by atoms with Crippen molar-refractivity contribution in [2.45, 2.75) is 33.1 Å². The second-order valence-corrected chi connectivity index (χ2v) is 5.56. The van der Waals surface area contributed by atoms with E-state index in [4.69, 9.17) is 5.73 Å². The van der Waals surface area contributed by atoms with Gasteiger partial charge in [-0.25, -0.2) is 9.07 Å². The predicted octanol–water partition coefficient (Wildman–Crippen LogP) is 2.45. The Morgan fingerprint density at radius 3 is 2.54 bits per heavy atom. The number of nitrogens with two attached hydrogens (primary N) is 1. The Morgan fingerprint density at radius 2 is 1.92 bits per heavy atom. The molecular formula is C17H24ClFN4O. The largest absolute Gasteiger partial charge is 0.356 e. The van der Waals surface area contributed by atoms with Gasteiger partial charge in [0.1, 0.15) is 5.82 Å². The van der Waals surface area contributed by atoms with Gasteiger partial charge in [0, 0.05) is 17.8 Å². The van der Waals surface area contributed by atoms with Crippen molar-refractivity contribution in [3.8, 4) is 5.69 Å². The van der Waals surface area contributed by atoms with Crippen molar-refractivity contribution in [2.75, 3.05) is 13.1 Å². The molecule has 0 spiro atoms. The molecule has 0 aliphatic heterocycles. The third-order valence-electron chi connectivity index (χ3n) is 3.80. The molecule has 0 aliphatic carbocycles. The molecule has 0 bridgehead atoms. The number of hydrogen-bond donors (Lipinski definition) is 2. The number of carbonyl (C=O) groups excluding carboxylic acids is 1. The lowest BCUT2D eigenvalue weighted by Crippen LogP contribution is -2.26. The first-order chi connectivity index (χ1) is 11.0. The van der Waals surface area contributed by atoms with Gasteiger partial charge in [0.25, 0.3) is 0 Å². The molecule has 1 aromatic carbocycles. The summed E-state index contributed by atoms with van der Waals surface area (Å²) in [4.78, 5) is 12.0. The fraction of sp³-hybridized carbons (Fsp3) is 0.412. The van der Waals surface area contributed by atoms with E-state index in [1.807, 2.05) is 13.8 Å². The summed E-state index contributed by atoms with van der Waals surface area (Å²) < 4.78 is 14.8. The van der Waals surface area contributed by atoms with Gasteiger partial charge in [-0.15, -0.1) is 12.4 Å². The van der Waals surface area contributed by atoms with E-state index < -0.39 is 0 Å². The van der Waals surface area contributed by atoms with Crippen LogP contribution < -0.4 is 11.1 Å². The molecule has 0 saturated heterocycles. The van der Waals surface area contributed by atoms with Crippen LogP contribution in [0.4, 0.5) is 4.39 Å². The fourth-order valence-electron chi connectivity index (χ4n) is 2.48. The van der Waals surface area contributed by atoms with Gasteiger partial charge in [0.05, 0.1) is 17.8 Å². The molecule has 24 heavy (non-hydrogen) atoms. The van der Waals surface area contributed by atoms with Crippen molar-refractivity contribution < 1.29 is 9.18 Å². The van der Waals surface area contributed by atoms with Crippen LogP contribution in [0.1, 0.15) is 29.8 Å². The highest BCUT2D eigenvalue weighted by Gasteiger charge is 2.15. The molecule has 132 valence electrons. The molecule has 0 fully saturated rings. The van der Waals surface area contributed by atoms with Gasteiger partial charge in [-0.1, -0.05) is 0 Å². The molecule has 0 saturated carbocycles. The lowest BCUT2D eigenvalue weighted by Gasteiger charge is -2.07. The summed E-state index contributed by atoms with van der Waals surface area (Å²) in [6.45, 7) is 5.07. The van der Waals surface area contributed by atoms with Crippen molar-refractivity contribution in [1.29, 1.82) is 0 Å². The van der Waals surface area contributed by atoms with Gasteiger partial charge in [0.2, 0.25) is 5.91 Å². The van der Waals surface area contributed by atoms with Crippen LogP contribution in [-0.2, 0) is 11.2 Å². The second kappa shape index (κ2) is 9.39. The van der Waals surface area contributed by atoms with Crippen molar-refractivity contribution in [1.82, 2.24) is 15.1 Å². The number of nitrogens with zero attached hydrogens (tertiary/aromatic N) is 2. The van der Waals surface area contributed by atoms with Crippen LogP contribution in [0.15, 0.2) is 24.3 Å². The molecule has 0 radical (unpaired) electrons. The Labute approximate surface area is 147 Å². The zero-order valence-electron chi connectivity index (χ0n) is 14.0. The van der Waals surface area contributed by atoms with E-state index in [1.54, 1.807) is 16.8 Å². The molecule has 7 heteroatoms. The molecular weight excluding hydrogens is 331 g/mol. The number of nitrogens with one attached hydrogen (secondary N) is 1. The van der Waals surface area contributed by atoms with Gasteiger partial charge in [-0.3, -0.25) is 4.79 Å². The van der Waals surface area contributed by atoms with Crippen molar-refractivity contribution in [2.24, 2.45) is 5.73 Å². The fourth-order valence-corrected chi connectivity index (χ4v) is 2.48. The summed E-state index contributed by atoms with van der Waals surface area (Å²) in [5.74, 6) is -0.306. The first-order valence-corrected chi connectivity index (χ1v) is 7.80. The maximum absolute atomic E-state index is 13.0. The molecule has 1 aromatic heterocycles. The molecule has 0 unspecified atom stereocenters. The topological polar surface area (TPSA) is 72.9 Å². The van der Waals surface area contributed by atoms with Crippen molar-refractivity contribution >= 4 is 18.3 Å². The highest BCUT2D eigenvalue weighted by atomic mass is 35.5. The third kappa shape index (κ3) is 5.04. The van der Waals surface area contributed by atoms with E-state index in [2.05, 4.69) is 10.4 Å². The number of unbranched alkanes of at least 4 members (excludes halogenated alkanes) is 1. The summed E-state index contributed by atoms with van der Waals surface area (Å²) >= 11 is 0. The number of aromatic nitrogens is 2. The monoisotopic (exact) mass is 354 g/mol. The molecule has 0 atom stereocenters. The number of halogens is 2. The molecule has 0 aliphatic rings. The first kappa shape index (κ1) is 20.1. The standard InChI is InChI=1S/C17H23FN4O.ClH/c1-12-16(11-17(23)20-10-4-3-9-19)13(2)22(21-12)15-7-5-14(18)6-8-15;/h5-8H,3-4,9-11,19H2,1-2H3,(H,20,23);1H. The Balaban J connectivity index is 0.00000288. The van der Waals surface area contributed by atoms with Crippen LogP contribution in [0, 0.1) is 19.7 Å². The Hall–Kier alpha value is -1.92. The van der Waals surface area contributed by atoms with E-state index >= 15 is 0 Å². The van der Waals surface area contributed by atoms with Crippen LogP contribution in [-0.4, -0.2) is 28.8 Å². The molecule has 5 nitrogen and oxygen atoms in total. The Kier molecular flexibility index (Phi) is 7.88. The summed E-state index contributed by atoms with van der Waals surface area (Å²) in [5, 5.41) is 7.37. The molecule has 1 amide bonds. The van der Waals surface area contributed by atoms with Gasteiger partial charge in [0.15, 0.2) is 0 Å². The summed E-state index contributed by atoms with van der Waals surface area (Å²) in [6, 6.07) is 6.14. The maximum atomic E-state index is 13.0. The molecule has 2 rings (SSSR count). The number of rotatable bonds is 7. The highest BCUT2D eigenvalue weighted by molar-refractivity contribution is 5.85. The number of hydrogen-bond acceptors (Lipinski definition) is 3.